The molecule has 1 atom stereocenters. The lowest BCUT2D eigenvalue weighted by Gasteiger charge is -2.30. The second-order valence-electron chi connectivity index (χ2n) is 6.36. The van der Waals surface area contributed by atoms with Gasteiger partial charge in [0.15, 0.2) is 0 Å². The highest BCUT2D eigenvalue weighted by Gasteiger charge is 2.31. The summed E-state index contributed by atoms with van der Waals surface area (Å²) in [6, 6.07) is 9.43. The Balaban J connectivity index is 2.32. The highest BCUT2D eigenvalue weighted by Crippen LogP contribution is 2.27. The molecule has 1 amide bonds. The van der Waals surface area contributed by atoms with Gasteiger partial charge in [-0.25, -0.2) is 13.2 Å². The first-order valence-corrected chi connectivity index (χ1v) is 11.7. The summed E-state index contributed by atoms with van der Waals surface area (Å²) in [4.78, 5) is 24.8. The molecule has 0 aliphatic heterocycles. The molecule has 0 saturated carbocycles. The molecule has 2 aromatic rings. The van der Waals surface area contributed by atoms with Gasteiger partial charge in [-0.2, -0.15) is 0 Å². The fourth-order valence-corrected chi connectivity index (χ4v) is 4.39. The molecule has 0 bridgehead atoms. The minimum atomic E-state index is -3.78. The van der Waals surface area contributed by atoms with Crippen molar-refractivity contribution in [2.24, 2.45) is 0 Å². The van der Waals surface area contributed by atoms with Gasteiger partial charge in [-0.05, 0) is 55.8 Å². The highest BCUT2D eigenvalue weighted by atomic mass is 35.5. The summed E-state index contributed by atoms with van der Waals surface area (Å²) in [7, 11) is -3.78. The molecule has 0 aliphatic carbocycles. The number of nitrogens with one attached hydrogen (secondary N) is 1. The van der Waals surface area contributed by atoms with Crippen molar-refractivity contribution in [2.45, 2.75) is 26.3 Å². The molecular formula is C20H22Cl2N2O5S. The number of amides is 1. The maximum Gasteiger partial charge on any atom is 0.338 e. The van der Waals surface area contributed by atoms with Gasteiger partial charge in [0, 0.05) is 5.02 Å². The Morgan fingerprint density at radius 1 is 1.10 bits per heavy atom. The Morgan fingerprint density at radius 2 is 1.73 bits per heavy atom. The fourth-order valence-electron chi connectivity index (χ4n) is 2.82. The van der Waals surface area contributed by atoms with Crippen molar-refractivity contribution in [1.29, 1.82) is 0 Å². The molecule has 162 valence electrons. The van der Waals surface area contributed by atoms with Crippen molar-refractivity contribution in [2.75, 3.05) is 22.5 Å². The van der Waals surface area contributed by atoms with E-state index in [9.17, 15) is 18.0 Å². The number of esters is 1. The number of carbonyl (C=O) groups excluding carboxylic acids is 2. The van der Waals surface area contributed by atoms with Gasteiger partial charge in [-0.3, -0.25) is 9.10 Å². The number of benzene rings is 2. The van der Waals surface area contributed by atoms with Crippen LogP contribution in [0.4, 0.5) is 11.4 Å². The molecule has 1 N–H and O–H groups in total. The van der Waals surface area contributed by atoms with E-state index < -0.39 is 27.9 Å². The molecule has 0 aromatic heterocycles. The van der Waals surface area contributed by atoms with E-state index in [1.165, 1.54) is 30.3 Å². The van der Waals surface area contributed by atoms with Crippen molar-refractivity contribution in [3.05, 3.63) is 58.1 Å². The third-order valence-electron chi connectivity index (χ3n) is 4.15. The Hall–Kier alpha value is -2.29. The Labute approximate surface area is 186 Å². The second-order valence-corrected chi connectivity index (χ2v) is 9.07. The lowest BCUT2D eigenvalue weighted by Crippen LogP contribution is -2.47. The van der Waals surface area contributed by atoms with E-state index in [1.807, 2.05) is 0 Å². The summed E-state index contributed by atoms with van der Waals surface area (Å²) in [5, 5.41) is 3.21. The van der Waals surface area contributed by atoms with Gasteiger partial charge >= 0.3 is 5.97 Å². The molecule has 0 fully saturated rings. The minimum absolute atomic E-state index is 0.126. The molecule has 0 unspecified atom stereocenters. The van der Waals surface area contributed by atoms with Crippen LogP contribution >= 0.6 is 23.2 Å². The predicted octanol–water partition coefficient (Wildman–Crippen LogP) is 4.35. The molecular weight excluding hydrogens is 451 g/mol. The van der Waals surface area contributed by atoms with Crippen molar-refractivity contribution < 1.29 is 22.7 Å². The smallest absolute Gasteiger partial charge is 0.338 e. The van der Waals surface area contributed by atoms with E-state index in [2.05, 4.69) is 5.32 Å². The number of carbonyl (C=O) groups is 2. The fraction of sp³-hybridized carbons (Fsp3) is 0.300. The zero-order valence-electron chi connectivity index (χ0n) is 16.7. The first-order chi connectivity index (χ1) is 14.1. The number of nitrogens with zero attached hydrogens (tertiary/aromatic N) is 1. The summed E-state index contributed by atoms with van der Waals surface area (Å²) >= 11 is 12.1. The van der Waals surface area contributed by atoms with E-state index in [0.717, 1.165) is 10.6 Å². The van der Waals surface area contributed by atoms with Crippen LogP contribution in [0.25, 0.3) is 0 Å². The molecule has 7 nitrogen and oxygen atoms in total. The maximum absolute atomic E-state index is 13.0. The Morgan fingerprint density at radius 3 is 2.23 bits per heavy atom. The molecule has 0 heterocycles. The Kier molecular flexibility index (Phi) is 8.11. The number of rotatable bonds is 8. The van der Waals surface area contributed by atoms with E-state index in [1.54, 1.807) is 26.0 Å². The standard InChI is InChI=1S/C20H22Cl2N2O5S/c1-4-18(24(30(3,27)28)15-9-7-14(21)8-10-15)19(25)23-17-11-6-13(12-16(17)22)20(26)29-5-2/h6-12,18H,4-5H2,1-3H3,(H,23,25)/t18-/m1/s1. The average Bonchev–Trinajstić information content (AvgIpc) is 2.67. The second kappa shape index (κ2) is 10.1. The van der Waals surface area contributed by atoms with Gasteiger partial charge in [0.05, 0.1) is 34.8 Å². The third-order valence-corrected chi connectivity index (χ3v) is 5.89. The van der Waals surface area contributed by atoms with Crippen LogP contribution in [0, 0.1) is 0 Å². The zero-order chi connectivity index (χ0) is 22.5. The average molecular weight is 473 g/mol. The van der Waals surface area contributed by atoms with Crippen LogP contribution in [0.15, 0.2) is 42.5 Å². The highest BCUT2D eigenvalue weighted by molar-refractivity contribution is 7.92. The number of hydrogen-bond acceptors (Lipinski definition) is 5. The number of anilines is 2. The van der Waals surface area contributed by atoms with Crippen molar-refractivity contribution in [3.8, 4) is 0 Å². The van der Waals surface area contributed by atoms with Crippen molar-refractivity contribution in [1.82, 2.24) is 0 Å². The molecule has 0 aliphatic rings. The third kappa shape index (κ3) is 5.87. The largest absolute Gasteiger partial charge is 0.462 e. The number of hydrogen-bond donors (Lipinski definition) is 1. The van der Waals surface area contributed by atoms with Crippen LogP contribution in [0.3, 0.4) is 0 Å². The molecule has 2 aromatic carbocycles. The number of halogens is 2. The normalized spacial score (nSPS) is 12.2. The minimum Gasteiger partial charge on any atom is -0.462 e. The van der Waals surface area contributed by atoms with Crippen molar-refractivity contribution >= 4 is 56.5 Å². The molecule has 30 heavy (non-hydrogen) atoms. The quantitative estimate of drug-likeness (QED) is 0.576. The molecule has 0 spiro atoms. The SMILES string of the molecule is CCOC(=O)c1ccc(NC(=O)[C@@H](CC)N(c2ccc(Cl)cc2)S(C)(=O)=O)c(Cl)c1. The molecule has 0 saturated heterocycles. The van der Waals surface area contributed by atoms with E-state index in [0.29, 0.717) is 10.7 Å². The molecule has 2 rings (SSSR count). The van der Waals surface area contributed by atoms with Gasteiger partial charge in [0.1, 0.15) is 6.04 Å². The van der Waals surface area contributed by atoms with Crippen LogP contribution < -0.4 is 9.62 Å². The van der Waals surface area contributed by atoms with Crippen LogP contribution in [0.5, 0.6) is 0 Å². The lowest BCUT2D eigenvalue weighted by atomic mass is 10.1. The topological polar surface area (TPSA) is 92.8 Å². The van der Waals surface area contributed by atoms with Crippen LogP contribution in [0.2, 0.25) is 10.0 Å². The molecule has 10 heteroatoms. The van der Waals surface area contributed by atoms with Crippen LogP contribution in [-0.2, 0) is 19.6 Å². The summed E-state index contributed by atoms with van der Waals surface area (Å²) in [6.45, 7) is 3.61. The summed E-state index contributed by atoms with van der Waals surface area (Å²) < 4.78 is 30.9. The first kappa shape index (κ1) is 24.0. The first-order valence-electron chi connectivity index (χ1n) is 9.11. The van der Waals surface area contributed by atoms with Gasteiger partial charge in [-0.15, -0.1) is 0 Å². The van der Waals surface area contributed by atoms with Gasteiger partial charge in [-0.1, -0.05) is 30.1 Å². The van der Waals surface area contributed by atoms with E-state index >= 15 is 0 Å². The van der Waals surface area contributed by atoms with E-state index in [4.69, 9.17) is 27.9 Å². The predicted molar refractivity (Wildman–Crippen MR) is 119 cm³/mol. The zero-order valence-corrected chi connectivity index (χ0v) is 19.0. The van der Waals surface area contributed by atoms with Gasteiger partial charge < -0.3 is 10.1 Å². The monoisotopic (exact) mass is 472 g/mol. The van der Waals surface area contributed by atoms with Crippen molar-refractivity contribution in [3.63, 3.8) is 0 Å². The van der Waals surface area contributed by atoms with E-state index in [-0.39, 0.29) is 29.3 Å². The summed E-state index contributed by atoms with van der Waals surface area (Å²) in [6.07, 6.45) is 1.23. The maximum atomic E-state index is 13.0. The van der Waals surface area contributed by atoms with Gasteiger partial charge in [0.25, 0.3) is 0 Å². The number of sulfonamides is 1. The summed E-state index contributed by atoms with van der Waals surface area (Å²) in [5.41, 5.74) is 0.802. The van der Waals surface area contributed by atoms with Gasteiger partial charge in [0.2, 0.25) is 15.9 Å². The number of ether oxygens (including phenoxy) is 1. The molecule has 0 radical (unpaired) electrons. The lowest BCUT2D eigenvalue weighted by molar-refractivity contribution is -0.117. The summed E-state index contributed by atoms with van der Waals surface area (Å²) in [5.74, 6) is -1.10. The van der Waals surface area contributed by atoms with Crippen LogP contribution in [-0.4, -0.2) is 39.2 Å². The Bertz CT molecular complexity index is 1030. The van der Waals surface area contributed by atoms with Crippen LogP contribution in [0.1, 0.15) is 30.6 Å².